The Morgan fingerprint density at radius 2 is 2.06 bits per heavy atom. The highest BCUT2D eigenvalue weighted by Gasteiger charge is 2.35. The number of nitrogens with zero attached hydrogens (tertiary/aromatic N) is 3. The predicted octanol–water partition coefficient (Wildman–Crippen LogP) is 0.745. The average Bonchev–Trinajstić information content (AvgIpc) is 2.73. The molecule has 0 saturated carbocycles. The van der Waals surface area contributed by atoms with Gasteiger partial charge in [0.15, 0.2) is 21.5 Å². The van der Waals surface area contributed by atoms with Crippen LogP contribution < -0.4 is 0 Å². The van der Waals surface area contributed by atoms with Crippen molar-refractivity contribution >= 4 is 9.84 Å². The molecule has 1 N–H and O–H groups in total. The Bertz CT molecular complexity index is 552. The number of aliphatic hydroxyl groups excluding tert-OH is 1. The Balaban J connectivity index is 1.97. The van der Waals surface area contributed by atoms with Crippen LogP contribution in [0.1, 0.15) is 55.1 Å². The van der Waals surface area contributed by atoms with Crippen molar-refractivity contribution in [3.05, 3.63) is 11.6 Å². The molecule has 3 rings (SSSR count). The van der Waals surface area contributed by atoms with Crippen molar-refractivity contribution in [2.24, 2.45) is 0 Å². The zero-order valence-corrected chi connectivity index (χ0v) is 10.9. The van der Waals surface area contributed by atoms with E-state index in [-0.39, 0.29) is 5.75 Å². The quantitative estimate of drug-likeness (QED) is 0.814. The molecule has 2 unspecified atom stereocenters. The summed E-state index contributed by atoms with van der Waals surface area (Å²) < 4.78 is 25.7. The molecule has 3 heterocycles. The van der Waals surface area contributed by atoms with E-state index >= 15 is 0 Å². The molecule has 1 fully saturated rings. The maximum Gasteiger partial charge on any atom is 0.169 e. The molecule has 0 aliphatic carbocycles. The lowest BCUT2D eigenvalue weighted by Crippen LogP contribution is -2.22. The van der Waals surface area contributed by atoms with Crippen LogP contribution in [0.5, 0.6) is 0 Å². The van der Waals surface area contributed by atoms with Crippen molar-refractivity contribution in [1.29, 1.82) is 0 Å². The number of aromatic nitrogens is 3. The van der Waals surface area contributed by atoms with Crippen molar-refractivity contribution in [3.8, 4) is 0 Å². The molecule has 2 atom stereocenters. The fourth-order valence-electron chi connectivity index (χ4n) is 2.73. The van der Waals surface area contributed by atoms with E-state index in [9.17, 15) is 13.5 Å². The Labute approximate surface area is 106 Å². The van der Waals surface area contributed by atoms with Gasteiger partial charge in [0.25, 0.3) is 0 Å². The molecule has 100 valence electrons. The maximum absolute atomic E-state index is 12.0. The largest absolute Gasteiger partial charge is 0.385 e. The Morgan fingerprint density at radius 3 is 2.78 bits per heavy atom. The molecule has 0 radical (unpaired) electrons. The van der Waals surface area contributed by atoms with E-state index in [2.05, 4.69) is 10.1 Å². The first-order valence-corrected chi connectivity index (χ1v) is 8.14. The first-order chi connectivity index (χ1) is 8.58. The van der Waals surface area contributed by atoms with Gasteiger partial charge in [-0.3, -0.25) is 0 Å². The molecule has 2 aliphatic heterocycles. The Morgan fingerprint density at radius 1 is 1.22 bits per heavy atom. The SMILES string of the molecule is O=S1(=O)CCCCC1c1nc2n(n1)CCCC2O. The van der Waals surface area contributed by atoms with Crippen LogP contribution >= 0.6 is 0 Å². The summed E-state index contributed by atoms with van der Waals surface area (Å²) in [6, 6.07) is 0. The summed E-state index contributed by atoms with van der Waals surface area (Å²) >= 11 is 0. The smallest absolute Gasteiger partial charge is 0.169 e. The number of hydrogen-bond donors (Lipinski definition) is 1. The lowest BCUT2D eigenvalue weighted by atomic mass is 10.1. The van der Waals surface area contributed by atoms with Gasteiger partial charge in [0.1, 0.15) is 11.4 Å². The van der Waals surface area contributed by atoms with Gasteiger partial charge in [-0.1, -0.05) is 6.42 Å². The van der Waals surface area contributed by atoms with Crippen LogP contribution in [0, 0.1) is 0 Å². The number of aryl methyl sites for hydroxylation is 1. The summed E-state index contributed by atoms with van der Waals surface area (Å²) in [6.45, 7) is 0.714. The molecule has 6 nitrogen and oxygen atoms in total. The van der Waals surface area contributed by atoms with Crippen LogP contribution in [0.15, 0.2) is 0 Å². The summed E-state index contributed by atoms with van der Waals surface area (Å²) in [5, 5.41) is 13.5. The first kappa shape index (κ1) is 12.1. The van der Waals surface area contributed by atoms with Gasteiger partial charge in [0, 0.05) is 6.54 Å². The van der Waals surface area contributed by atoms with Gasteiger partial charge in [-0.25, -0.2) is 18.1 Å². The zero-order valence-electron chi connectivity index (χ0n) is 10.1. The van der Waals surface area contributed by atoms with Gasteiger partial charge >= 0.3 is 0 Å². The van der Waals surface area contributed by atoms with E-state index in [1.807, 2.05) is 0 Å². The molecule has 0 amide bonds. The fraction of sp³-hybridized carbons (Fsp3) is 0.818. The molecule has 0 aromatic carbocycles. The highest BCUT2D eigenvalue weighted by molar-refractivity contribution is 7.91. The molecule has 18 heavy (non-hydrogen) atoms. The lowest BCUT2D eigenvalue weighted by molar-refractivity contribution is 0.130. The molecule has 0 spiro atoms. The number of fused-ring (bicyclic) bond motifs is 1. The molecule has 1 saturated heterocycles. The van der Waals surface area contributed by atoms with Crippen molar-refractivity contribution in [1.82, 2.24) is 14.8 Å². The van der Waals surface area contributed by atoms with Gasteiger partial charge in [-0.2, -0.15) is 5.10 Å². The van der Waals surface area contributed by atoms with E-state index in [0.29, 0.717) is 31.0 Å². The molecular formula is C11H17N3O3S. The number of sulfone groups is 1. The van der Waals surface area contributed by atoms with Crippen LogP contribution in [0.3, 0.4) is 0 Å². The predicted molar refractivity (Wildman–Crippen MR) is 64.6 cm³/mol. The minimum absolute atomic E-state index is 0.226. The summed E-state index contributed by atoms with van der Waals surface area (Å²) in [5.41, 5.74) is 0. The normalized spacial score (nSPS) is 30.9. The van der Waals surface area contributed by atoms with Gasteiger partial charge in [0.05, 0.1) is 5.75 Å². The van der Waals surface area contributed by atoms with Gasteiger partial charge < -0.3 is 5.11 Å². The summed E-state index contributed by atoms with van der Waals surface area (Å²) in [6.07, 6.45) is 3.16. The monoisotopic (exact) mass is 271 g/mol. The van der Waals surface area contributed by atoms with E-state index in [1.54, 1.807) is 4.68 Å². The molecular weight excluding hydrogens is 254 g/mol. The zero-order chi connectivity index (χ0) is 12.8. The topological polar surface area (TPSA) is 85.1 Å². The third-order valence-corrected chi connectivity index (χ3v) is 5.90. The molecule has 1 aromatic rings. The van der Waals surface area contributed by atoms with E-state index in [0.717, 1.165) is 19.3 Å². The maximum atomic E-state index is 12.0. The second kappa shape index (κ2) is 4.31. The minimum atomic E-state index is -3.11. The summed E-state index contributed by atoms with van der Waals surface area (Å²) in [5.74, 6) is 1.13. The standard InChI is InChI=1S/C11H17N3O3S/c15-8-4-3-6-14-11(8)12-10(13-14)9-5-1-2-7-18(9,16)17/h8-9,15H,1-7H2. The highest BCUT2D eigenvalue weighted by atomic mass is 32.2. The van der Waals surface area contributed by atoms with E-state index < -0.39 is 21.2 Å². The summed E-state index contributed by atoms with van der Waals surface area (Å²) in [4.78, 5) is 4.27. The van der Waals surface area contributed by atoms with E-state index in [1.165, 1.54) is 0 Å². The number of hydrogen-bond acceptors (Lipinski definition) is 5. The first-order valence-electron chi connectivity index (χ1n) is 6.42. The summed E-state index contributed by atoms with van der Waals surface area (Å²) in [7, 11) is -3.11. The van der Waals surface area contributed by atoms with Crippen LogP contribution in [0.4, 0.5) is 0 Å². The molecule has 2 aliphatic rings. The second-order valence-electron chi connectivity index (χ2n) is 5.06. The van der Waals surface area contributed by atoms with Gasteiger partial charge in [-0.05, 0) is 25.7 Å². The number of aliphatic hydroxyl groups is 1. The average molecular weight is 271 g/mol. The fourth-order valence-corrected chi connectivity index (χ4v) is 4.57. The third-order valence-electron chi connectivity index (χ3n) is 3.73. The van der Waals surface area contributed by atoms with Crippen LogP contribution in [-0.2, 0) is 16.4 Å². The van der Waals surface area contributed by atoms with Gasteiger partial charge in [-0.15, -0.1) is 0 Å². The van der Waals surface area contributed by atoms with Crippen LogP contribution in [-0.4, -0.2) is 34.0 Å². The van der Waals surface area contributed by atoms with Crippen molar-refractivity contribution in [3.63, 3.8) is 0 Å². The molecule has 1 aromatic heterocycles. The van der Waals surface area contributed by atoms with Gasteiger partial charge in [0.2, 0.25) is 0 Å². The molecule has 7 heteroatoms. The number of rotatable bonds is 1. The Hall–Kier alpha value is -0.950. The van der Waals surface area contributed by atoms with Crippen molar-refractivity contribution < 1.29 is 13.5 Å². The van der Waals surface area contributed by atoms with Crippen LogP contribution in [0.25, 0.3) is 0 Å². The molecule has 0 bridgehead atoms. The second-order valence-corrected chi connectivity index (χ2v) is 7.36. The minimum Gasteiger partial charge on any atom is -0.385 e. The Kier molecular flexibility index (Phi) is 2.90. The highest BCUT2D eigenvalue weighted by Crippen LogP contribution is 2.33. The lowest BCUT2D eigenvalue weighted by Gasteiger charge is -2.19. The van der Waals surface area contributed by atoms with E-state index in [4.69, 9.17) is 0 Å². The van der Waals surface area contributed by atoms with Crippen LogP contribution in [0.2, 0.25) is 0 Å². The third kappa shape index (κ3) is 1.95. The van der Waals surface area contributed by atoms with Crippen molar-refractivity contribution in [2.75, 3.05) is 5.75 Å². The van der Waals surface area contributed by atoms with Crippen molar-refractivity contribution in [2.45, 2.75) is 50.0 Å².